The predicted molar refractivity (Wildman–Crippen MR) is 77.6 cm³/mol. The third-order valence-corrected chi connectivity index (χ3v) is 3.75. The van der Waals surface area contributed by atoms with E-state index in [4.69, 9.17) is 0 Å². The molecule has 0 fully saturated rings. The van der Waals surface area contributed by atoms with Gasteiger partial charge in [0.1, 0.15) is 0 Å². The van der Waals surface area contributed by atoms with Gasteiger partial charge in [0.05, 0.1) is 16.8 Å². The van der Waals surface area contributed by atoms with Crippen LogP contribution in [0.1, 0.15) is 26.3 Å². The highest BCUT2D eigenvalue weighted by Crippen LogP contribution is 2.37. The van der Waals surface area contributed by atoms with E-state index < -0.39 is 5.97 Å². The van der Waals surface area contributed by atoms with Gasteiger partial charge in [-0.05, 0) is 12.1 Å². The van der Waals surface area contributed by atoms with Gasteiger partial charge in [-0.1, -0.05) is 36.4 Å². The number of carbonyl (C=O) groups is 2. The Morgan fingerprint density at radius 1 is 0.952 bits per heavy atom. The van der Waals surface area contributed by atoms with Crippen molar-refractivity contribution in [2.45, 2.75) is 0 Å². The third-order valence-electron chi connectivity index (χ3n) is 3.75. The summed E-state index contributed by atoms with van der Waals surface area (Å²) in [6, 6.07) is 13.9. The minimum Gasteiger partial charge on any atom is -0.478 e. The number of benzene rings is 2. The SMILES string of the molecule is O=C1c2ccccc2-c2nc3c(C(=O)O)cccc3cc21. The topological polar surface area (TPSA) is 67.3 Å². The fourth-order valence-corrected chi connectivity index (χ4v) is 2.78. The van der Waals surface area contributed by atoms with Crippen LogP contribution in [-0.2, 0) is 0 Å². The Hall–Kier alpha value is -3.01. The number of hydrogen-bond acceptors (Lipinski definition) is 3. The van der Waals surface area contributed by atoms with Crippen molar-refractivity contribution in [3.05, 3.63) is 65.2 Å². The second kappa shape index (κ2) is 3.99. The van der Waals surface area contributed by atoms with Crippen molar-refractivity contribution < 1.29 is 14.7 Å². The maximum atomic E-state index is 12.4. The zero-order chi connectivity index (χ0) is 14.6. The zero-order valence-corrected chi connectivity index (χ0v) is 10.8. The van der Waals surface area contributed by atoms with Crippen LogP contribution in [0.15, 0.2) is 48.5 Å². The molecule has 1 aliphatic carbocycles. The molecule has 0 saturated heterocycles. The molecular weight excluding hydrogens is 266 g/mol. The third kappa shape index (κ3) is 1.53. The molecule has 100 valence electrons. The number of aromatic nitrogens is 1. The number of pyridine rings is 1. The molecule has 0 saturated carbocycles. The number of hydrogen-bond donors (Lipinski definition) is 1. The molecule has 1 aliphatic rings. The first-order chi connectivity index (χ1) is 10.2. The average molecular weight is 275 g/mol. The Balaban J connectivity index is 2.12. The second-order valence-electron chi connectivity index (χ2n) is 4.94. The van der Waals surface area contributed by atoms with Gasteiger partial charge in [0.2, 0.25) is 0 Å². The van der Waals surface area contributed by atoms with Crippen LogP contribution in [-0.4, -0.2) is 21.8 Å². The van der Waals surface area contributed by atoms with Gasteiger partial charge in [-0.2, -0.15) is 0 Å². The quantitative estimate of drug-likeness (QED) is 0.579. The molecule has 4 rings (SSSR count). The lowest BCUT2D eigenvalue weighted by Gasteiger charge is -2.05. The summed E-state index contributed by atoms with van der Waals surface area (Å²) in [6.45, 7) is 0. The molecule has 1 N–H and O–H groups in total. The van der Waals surface area contributed by atoms with Gasteiger partial charge in [0, 0.05) is 22.1 Å². The van der Waals surface area contributed by atoms with E-state index >= 15 is 0 Å². The van der Waals surface area contributed by atoms with E-state index in [0.29, 0.717) is 27.7 Å². The van der Waals surface area contributed by atoms with Gasteiger partial charge in [-0.3, -0.25) is 4.79 Å². The molecule has 0 unspecified atom stereocenters. The van der Waals surface area contributed by atoms with E-state index in [9.17, 15) is 14.7 Å². The standard InChI is InChI=1S/C17H9NO3/c19-16-11-6-2-1-5-10(11)15-13(16)8-9-4-3-7-12(17(20)21)14(9)18-15/h1-8H,(H,20,21). The van der Waals surface area contributed by atoms with Crippen LogP contribution in [0.5, 0.6) is 0 Å². The summed E-state index contributed by atoms with van der Waals surface area (Å²) in [5, 5.41) is 9.93. The summed E-state index contributed by atoms with van der Waals surface area (Å²) in [6.07, 6.45) is 0. The van der Waals surface area contributed by atoms with Crippen molar-refractivity contribution in [3.63, 3.8) is 0 Å². The zero-order valence-electron chi connectivity index (χ0n) is 10.8. The summed E-state index contributed by atoms with van der Waals surface area (Å²) >= 11 is 0. The Kier molecular flexibility index (Phi) is 2.24. The highest BCUT2D eigenvalue weighted by Gasteiger charge is 2.28. The van der Waals surface area contributed by atoms with Crippen molar-refractivity contribution in [2.75, 3.05) is 0 Å². The first-order valence-corrected chi connectivity index (χ1v) is 6.48. The Morgan fingerprint density at radius 2 is 1.71 bits per heavy atom. The largest absolute Gasteiger partial charge is 0.478 e. The normalized spacial score (nSPS) is 12.3. The Morgan fingerprint density at radius 3 is 2.48 bits per heavy atom. The lowest BCUT2D eigenvalue weighted by Crippen LogP contribution is -2.01. The van der Waals surface area contributed by atoms with Crippen LogP contribution in [0.25, 0.3) is 22.2 Å². The number of nitrogens with zero attached hydrogens (tertiary/aromatic N) is 1. The first-order valence-electron chi connectivity index (χ1n) is 6.48. The average Bonchev–Trinajstić information content (AvgIpc) is 2.78. The molecule has 0 spiro atoms. The van der Waals surface area contributed by atoms with E-state index in [2.05, 4.69) is 4.98 Å². The van der Waals surface area contributed by atoms with Crippen molar-refractivity contribution in [1.29, 1.82) is 0 Å². The Labute approximate surface area is 119 Å². The molecular formula is C17H9NO3. The number of ketones is 1. The number of fused-ring (bicyclic) bond motifs is 4. The smallest absolute Gasteiger partial charge is 0.337 e. The molecule has 2 aromatic carbocycles. The van der Waals surface area contributed by atoms with E-state index in [1.165, 1.54) is 6.07 Å². The predicted octanol–water partition coefficient (Wildman–Crippen LogP) is 3.14. The first kappa shape index (κ1) is 11.8. The van der Waals surface area contributed by atoms with E-state index in [1.54, 1.807) is 24.3 Å². The highest BCUT2D eigenvalue weighted by molar-refractivity contribution is 6.22. The minimum atomic E-state index is -1.02. The summed E-state index contributed by atoms with van der Waals surface area (Å²) in [5.74, 6) is -1.08. The van der Waals surface area contributed by atoms with Crippen LogP contribution in [0.4, 0.5) is 0 Å². The van der Waals surface area contributed by atoms with E-state index in [1.807, 2.05) is 18.2 Å². The summed E-state index contributed by atoms with van der Waals surface area (Å²) in [7, 11) is 0. The summed E-state index contributed by atoms with van der Waals surface area (Å²) in [4.78, 5) is 28.2. The molecule has 4 nitrogen and oxygen atoms in total. The van der Waals surface area contributed by atoms with Crippen molar-refractivity contribution in [2.24, 2.45) is 0 Å². The molecule has 1 heterocycles. The number of rotatable bonds is 1. The van der Waals surface area contributed by atoms with Crippen molar-refractivity contribution >= 4 is 22.7 Å². The highest BCUT2D eigenvalue weighted by atomic mass is 16.4. The number of aromatic carboxylic acids is 1. The van der Waals surface area contributed by atoms with E-state index in [0.717, 1.165) is 5.56 Å². The monoisotopic (exact) mass is 275 g/mol. The molecule has 3 aromatic rings. The lowest BCUT2D eigenvalue weighted by atomic mass is 10.1. The fourth-order valence-electron chi connectivity index (χ4n) is 2.78. The minimum absolute atomic E-state index is 0.0595. The second-order valence-corrected chi connectivity index (χ2v) is 4.94. The molecule has 0 bridgehead atoms. The summed E-state index contributed by atoms with van der Waals surface area (Å²) < 4.78 is 0. The van der Waals surface area contributed by atoms with Crippen LogP contribution in [0.3, 0.4) is 0 Å². The van der Waals surface area contributed by atoms with Gasteiger partial charge >= 0.3 is 5.97 Å². The van der Waals surface area contributed by atoms with Gasteiger partial charge < -0.3 is 5.11 Å². The van der Waals surface area contributed by atoms with Crippen LogP contribution >= 0.6 is 0 Å². The molecule has 21 heavy (non-hydrogen) atoms. The molecule has 0 amide bonds. The van der Waals surface area contributed by atoms with Crippen molar-refractivity contribution in [1.82, 2.24) is 4.98 Å². The maximum Gasteiger partial charge on any atom is 0.337 e. The molecule has 0 aliphatic heterocycles. The number of carbonyl (C=O) groups excluding carboxylic acids is 1. The molecule has 4 heteroatoms. The fraction of sp³-hybridized carbons (Fsp3) is 0. The van der Waals surface area contributed by atoms with Crippen LogP contribution in [0.2, 0.25) is 0 Å². The van der Waals surface area contributed by atoms with Gasteiger partial charge in [-0.25, -0.2) is 9.78 Å². The Bertz CT molecular complexity index is 944. The molecule has 0 atom stereocenters. The van der Waals surface area contributed by atoms with Gasteiger partial charge in [0.25, 0.3) is 0 Å². The van der Waals surface area contributed by atoms with Crippen molar-refractivity contribution in [3.8, 4) is 11.3 Å². The van der Waals surface area contributed by atoms with Crippen LogP contribution in [0, 0.1) is 0 Å². The van der Waals surface area contributed by atoms with Gasteiger partial charge in [0.15, 0.2) is 5.78 Å². The van der Waals surface area contributed by atoms with Crippen LogP contribution < -0.4 is 0 Å². The lowest BCUT2D eigenvalue weighted by molar-refractivity contribution is 0.0698. The molecule has 1 aromatic heterocycles. The number of carboxylic acids is 1. The van der Waals surface area contributed by atoms with Gasteiger partial charge in [-0.15, -0.1) is 0 Å². The number of para-hydroxylation sites is 1. The maximum absolute atomic E-state index is 12.4. The number of carboxylic acid groups (broad SMARTS) is 1. The summed E-state index contributed by atoms with van der Waals surface area (Å²) in [5.41, 5.74) is 3.04. The molecule has 0 radical (unpaired) electrons. The van der Waals surface area contributed by atoms with E-state index in [-0.39, 0.29) is 11.3 Å².